The molecule has 1 saturated heterocycles. The van der Waals surface area contributed by atoms with E-state index < -0.39 is 12.2 Å². The number of aliphatic hydroxyl groups is 2. The second-order valence-corrected chi connectivity index (χ2v) is 3.94. The highest BCUT2D eigenvalue weighted by atomic mass is 16.3. The Bertz CT molecular complexity index is 325. The second-order valence-electron chi connectivity index (χ2n) is 3.94. The summed E-state index contributed by atoms with van der Waals surface area (Å²) in [6.45, 7) is 0.434. The van der Waals surface area contributed by atoms with Crippen molar-refractivity contribution >= 4 is 0 Å². The Kier molecular flexibility index (Phi) is 2.90. The van der Waals surface area contributed by atoms with Gasteiger partial charge in [-0.2, -0.15) is 0 Å². The Hall–Kier alpha value is -1.10. The lowest BCUT2D eigenvalue weighted by Crippen LogP contribution is -2.34. The van der Waals surface area contributed by atoms with Gasteiger partial charge in [-0.1, -0.05) is 12.1 Å². The number of hydrogen-bond donors (Lipinski definition) is 4. The lowest BCUT2D eigenvalue weighted by atomic mass is 10.0. The zero-order chi connectivity index (χ0) is 10.8. The third-order valence-electron chi connectivity index (χ3n) is 2.79. The van der Waals surface area contributed by atoms with Gasteiger partial charge in [0.2, 0.25) is 0 Å². The van der Waals surface area contributed by atoms with Crippen LogP contribution in [0, 0.1) is 0 Å². The number of phenols is 1. The Morgan fingerprint density at radius 3 is 2.40 bits per heavy atom. The van der Waals surface area contributed by atoms with Crippen molar-refractivity contribution in [3.05, 3.63) is 29.8 Å². The van der Waals surface area contributed by atoms with E-state index in [1.165, 1.54) is 0 Å². The van der Waals surface area contributed by atoms with Gasteiger partial charge in [-0.25, -0.2) is 0 Å². The number of hydrogen-bond acceptors (Lipinski definition) is 4. The Morgan fingerprint density at radius 2 is 1.87 bits per heavy atom. The third-order valence-corrected chi connectivity index (χ3v) is 2.79. The monoisotopic (exact) mass is 209 g/mol. The summed E-state index contributed by atoms with van der Waals surface area (Å²) in [6.07, 6.45) is -0.732. The molecule has 0 amide bonds. The number of benzene rings is 1. The normalized spacial score (nSPS) is 30.7. The molecule has 0 aliphatic carbocycles. The first-order valence-electron chi connectivity index (χ1n) is 5.04. The van der Waals surface area contributed by atoms with Crippen LogP contribution in [0.5, 0.6) is 5.75 Å². The van der Waals surface area contributed by atoms with Crippen molar-refractivity contribution in [1.82, 2.24) is 5.32 Å². The van der Waals surface area contributed by atoms with Crippen molar-refractivity contribution < 1.29 is 15.3 Å². The molecule has 3 unspecified atom stereocenters. The number of β-amino-alcohol motifs (C(OH)–C–C–N with tert-alkyl or cyclic N) is 1. The van der Waals surface area contributed by atoms with Crippen LogP contribution < -0.4 is 5.32 Å². The van der Waals surface area contributed by atoms with E-state index in [0.29, 0.717) is 13.0 Å². The average Bonchev–Trinajstić information content (AvgIpc) is 2.53. The fraction of sp³-hybridized carbons (Fsp3) is 0.455. The topological polar surface area (TPSA) is 72.7 Å². The lowest BCUT2D eigenvalue weighted by molar-refractivity contribution is 0.0408. The number of phenolic OH excluding ortho intramolecular Hbond substituents is 1. The van der Waals surface area contributed by atoms with Crippen LogP contribution in [-0.4, -0.2) is 40.1 Å². The first-order chi connectivity index (χ1) is 7.16. The van der Waals surface area contributed by atoms with Gasteiger partial charge in [0.25, 0.3) is 0 Å². The van der Waals surface area contributed by atoms with Crippen LogP contribution in [0.3, 0.4) is 0 Å². The zero-order valence-electron chi connectivity index (χ0n) is 8.30. The van der Waals surface area contributed by atoms with Gasteiger partial charge in [0.05, 0.1) is 12.2 Å². The highest BCUT2D eigenvalue weighted by Gasteiger charge is 2.32. The molecule has 1 aromatic rings. The molecule has 4 N–H and O–H groups in total. The maximum absolute atomic E-state index is 9.61. The van der Waals surface area contributed by atoms with Gasteiger partial charge in [-0.05, 0) is 24.1 Å². The predicted molar refractivity (Wildman–Crippen MR) is 55.6 cm³/mol. The van der Waals surface area contributed by atoms with Crippen molar-refractivity contribution in [1.29, 1.82) is 0 Å². The van der Waals surface area contributed by atoms with Crippen molar-refractivity contribution in [3.63, 3.8) is 0 Å². The minimum absolute atomic E-state index is 0.107. The summed E-state index contributed by atoms with van der Waals surface area (Å²) in [5.41, 5.74) is 1.03. The molecule has 4 heteroatoms. The molecule has 0 radical (unpaired) electrons. The summed E-state index contributed by atoms with van der Waals surface area (Å²) < 4.78 is 0. The van der Waals surface area contributed by atoms with Gasteiger partial charge in [0.15, 0.2) is 0 Å². The van der Waals surface area contributed by atoms with Crippen molar-refractivity contribution in [2.75, 3.05) is 6.54 Å². The maximum Gasteiger partial charge on any atom is 0.115 e. The summed E-state index contributed by atoms with van der Waals surface area (Å²) in [6, 6.07) is 6.76. The van der Waals surface area contributed by atoms with Crippen molar-refractivity contribution in [3.8, 4) is 5.75 Å². The van der Waals surface area contributed by atoms with E-state index >= 15 is 0 Å². The van der Waals surface area contributed by atoms with E-state index in [0.717, 1.165) is 5.56 Å². The van der Waals surface area contributed by atoms with E-state index in [1.54, 1.807) is 12.1 Å². The largest absolute Gasteiger partial charge is 0.508 e. The summed E-state index contributed by atoms with van der Waals surface area (Å²) in [7, 11) is 0. The van der Waals surface area contributed by atoms with Crippen LogP contribution in [0.25, 0.3) is 0 Å². The molecule has 2 rings (SSSR count). The molecule has 0 saturated carbocycles. The van der Waals surface area contributed by atoms with E-state index in [9.17, 15) is 10.2 Å². The van der Waals surface area contributed by atoms with E-state index in [-0.39, 0.29) is 11.8 Å². The zero-order valence-corrected chi connectivity index (χ0v) is 8.30. The Labute approximate surface area is 88.2 Å². The minimum Gasteiger partial charge on any atom is -0.508 e. The van der Waals surface area contributed by atoms with Crippen LogP contribution in [0.2, 0.25) is 0 Å². The van der Waals surface area contributed by atoms with Gasteiger partial charge in [-0.15, -0.1) is 0 Å². The van der Waals surface area contributed by atoms with Crippen molar-refractivity contribution in [2.45, 2.75) is 24.7 Å². The third kappa shape index (κ3) is 2.28. The molecular formula is C11H15NO3. The standard InChI is InChI=1S/C11H15NO3/c13-8-3-1-7(2-4-8)5-9-11(15)10(14)6-12-9/h1-4,9-15H,5-6H2. The Balaban J connectivity index is 2.00. The molecule has 1 aliphatic heterocycles. The van der Waals surface area contributed by atoms with E-state index in [2.05, 4.69) is 5.32 Å². The van der Waals surface area contributed by atoms with Crippen molar-refractivity contribution in [2.24, 2.45) is 0 Å². The number of rotatable bonds is 2. The summed E-state index contributed by atoms with van der Waals surface area (Å²) in [5.74, 6) is 0.235. The maximum atomic E-state index is 9.61. The van der Waals surface area contributed by atoms with Crippen LogP contribution in [-0.2, 0) is 6.42 Å². The van der Waals surface area contributed by atoms with Gasteiger partial charge in [-0.3, -0.25) is 0 Å². The van der Waals surface area contributed by atoms with Crippen LogP contribution in [0.15, 0.2) is 24.3 Å². The minimum atomic E-state index is -0.709. The number of nitrogens with one attached hydrogen (secondary N) is 1. The highest BCUT2D eigenvalue weighted by Crippen LogP contribution is 2.16. The molecule has 1 fully saturated rings. The molecule has 3 atom stereocenters. The van der Waals surface area contributed by atoms with Gasteiger partial charge in [0.1, 0.15) is 5.75 Å². The summed E-state index contributed by atoms with van der Waals surface area (Å²) in [5, 5.41) is 31.1. The molecule has 4 nitrogen and oxygen atoms in total. The molecule has 1 heterocycles. The molecule has 0 aromatic heterocycles. The fourth-order valence-electron chi connectivity index (χ4n) is 1.86. The molecule has 0 bridgehead atoms. The van der Waals surface area contributed by atoms with Crippen LogP contribution >= 0.6 is 0 Å². The summed E-state index contributed by atoms with van der Waals surface area (Å²) >= 11 is 0. The fourth-order valence-corrected chi connectivity index (χ4v) is 1.86. The highest BCUT2D eigenvalue weighted by molar-refractivity contribution is 5.26. The predicted octanol–water partition coefficient (Wildman–Crippen LogP) is -0.372. The molecular weight excluding hydrogens is 194 g/mol. The first-order valence-corrected chi connectivity index (χ1v) is 5.04. The average molecular weight is 209 g/mol. The lowest BCUT2D eigenvalue weighted by Gasteiger charge is -2.15. The van der Waals surface area contributed by atoms with Gasteiger partial charge < -0.3 is 20.6 Å². The smallest absolute Gasteiger partial charge is 0.115 e. The molecule has 1 aliphatic rings. The Morgan fingerprint density at radius 1 is 1.20 bits per heavy atom. The van der Waals surface area contributed by atoms with Gasteiger partial charge in [0, 0.05) is 12.6 Å². The van der Waals surface area contributed by atoms with Crippen LogP contribution in [0.4, 0.5) is 0 Å². The molecule has 0 spiro atoms. The number of aliphatic hydroxyl groups excluding tert-OH is 2. The van der Waals surface area contributed by atoms with Gasteiger partial charge >= 0.3 is 0 Å². The SMILES string of the molecule is Oc1ccc(CC2NCC(O)C2O)cc1. The van der Waals surface area contributed by atoms with Crippen LogP contribution in [0.1, 0.15) is 5.56 Å². The van der Waals surface area contributed by atoms with E-state index in [1.807, 2.05) is 12.1 Å². The first kappa shape index (κ1) is 10.4. The van der Waals surface area contributed by atoms with E-state index in [4.69, 9.17) is 5.11 Å². The quantitative estimate of drug-likeness (QED) is 0.536. The molecule has 82 valence electrons. The molecule has 15 heavy (non-hydrogen) atoms. The molecule has 1 aromatic carbocycles. The number of aromatic hydroxyl groups is 1. The second kappa shape index (κ2) is 4.18. The summed E-state index contributed by atoms with van der Waals surface area (Å²) in [4.78, 5) is 0.